The fourth-order valence-corrected chi connectivity index (χ4v) is 1.74. The van der Waals surface area contributed by atoms with Gasteiger partial charge in [-0.2, -0.15) is 13.2 Å². The minimum atomic E-state index is -4.32. The minimum absolute atomic E-state index is 0.0678. The van der Waals surface area contributed by atoms with Crippen molar-refractivity contribution >= 4 is 5.91 Å². The molecule has 1 unspecified atom stereocenters. The van der Waals surface area contributed by atoms with Crippen LogP contribution < -0.4 is 5.32 Å². The summed E-state index contributed by atoms with van der Waals surface area (Å²) in [5.41, 5.74) is -0.0213. The Morgan fingerprint density at radius 1 is 1.26 bits per heavy atom. The molecular formula is C14H18F3NO. The molecule has 1 aromatic carbocycles. The van der Waals surface area contributed by atoms with Crippen molar-refractivity contribution in [2.75, 3.05) is 0 Å². The molecule has 0 aliphatic rings. The molecule has 0 aliphatic carbocycles. The van der Waals surface area contributed by atoms with Crippen molar-refractivity contribution in [2.24, 2.45) is 5.92 Å². The predicted molar refractivity (Wildman–Crippen MR) is 67.4 cm³/mol. The van der Waals surface area contributed by atoms with E-state index in [4.69, 9.17) is 0 Å². The van der Waals surface area contributed by atoms with Crippen LogP contribution in [0.3, 0.4) is 0 Å². The smallest absolute Gasteiger partial charge is 0.352 e. The monoisotopic (exact) mass is 273 g/mol. The van der Waals surface area contributed by atoms with Crippen LogP contribution in [0.5, 0.6) is 0 Å². The summed E-state index contributed by atoms with van der Waals surface area (Å²) < 4.78 is 37.1. The van der Waals surface area contributed by atoms with E-state index in [1.807, 2.05) is 13.8 Å². The maximum absolute atomic E-state index is 12.4. The topological polar surface area (TPSA) is 29.1 Å². The van der Waals surface area contributed by atoms with Crippen molar-refractivity contribution in [1.82, 2.24) is 5.32 Å². The molecule has 1 atom stereocenters. The van der Waals surface area contributed by atoms with Crippen molar-refractivity contribution in [3.63, 3.8) is 0 Å². The largest absolute Gasteiger partial charge is 0.416 e. The average molecular weight is 273 g/mol. The first-order valence-electron chi connectivity index (χ1n) is 6.28. The van der Waals surface area contributed by atoms with Crippen LogP contribution in [0.15, 0.2) is 24.3 Å². The summed E-state index contributed by atoms with van der Waals surface area (Å²) >= 11 is 0. The Labute approximate surface area is 111 Å². The van der Waals surface area contributed by atoms with Gasteiger partial charge in [0.2, 0.25) is 5.91 Å². The van der Waals surface area contributed by atoms with E-state index >= 15 is 0 Å². The highest BCUT2D eigenvalue weighted by atomic mass is 19.4. The molecule has 2 nitrogen and oxygen atoms in total. The van der Waals surface area contributed by atoms with Crippen molar-refractivity contribution < 1.29 is 18.0 Å². The number of hydrogen-bond acceptors (Lipinski definition) is 1. The van der Waals surface area contributed by atoms with Crippen LogP contribution in [-0.2, 0) is 17.5 Å². The Morgan fingerprint density at radius 3 is 2.32 bits per heavy atom. The first kappa shape index (κ1) is 15.5. The van der Waals surface area contributed by atoms with E-state index in [0.29, 0.717) is 5.56 Å². The lowest BCUT2D eigenvalue weighted by Crippen LogP contribution is -2.28. The third kappa shape index (κ3) is 4.93. The lowest BCUT2D eigenvalue weighted by molar-refractivity contribution is -0.137. The van der Waals surface area contributed by atoms with Crippen molar-refractivity contribution in [3.05, 3.63) is 35.4 Å². The van der Waals surface area contributed by atoms with Crippen molar-refractivity contribution in [3.8, 4) is 0 Å². The summed E-state index contributed by atoms with van der Waals surface area (Å²) in [6, 6.07) is 4.81. The Balaban J connectivity index is 2.53. The van der Waals surface area contributed by atoms with Crippen molar-refractivity contribution in [1.29, 1.82) is 0 Å². The molecule has 0 radical (unpaired) electrons. The SMILES string of the molecule is CCCC(C)C(=O)NCc1ccc(C(F)(F)F)cc1. The number of rotatable bonds is 5. The zero-order valence-corrected chi connectivity index (χ0v) is 11.1. The summed E-state index contributed by atoms with van der Waals surface area (Å²) in [7, 11) is 0. The molecule has 0 aliphatic heterocycles. The van der Waals surface area contributed by atoms with Gasteiger partial charge in [0.25, 0.3) is 0 Å². The second-order valence-electron chi connectivity index (χ2n) is 4.60. The van der Waals surface area contributed by atoms with E-state index in [0.717, 1.165) is 25.0 Å². The van der Waals surface area contributed by atoms with Crippen LogP contribution in [0.2, 0.25) is 0 Å². The maximum atomic E-state index is 12.4. The number of hydrogen-bond donors (Lipinski definition) is 1. The fraction of sp³-hybridized carbons (Fsp3) is 0.500. The minimum Gasteiger partial charge on any atom is -0.352 e. The van der Waals surface area contributed by atoms with Crippen LogP contribution in [0.4, 0.5) is 13.2 Å². The van der Waals surface area contributed by atoms with Gasteiger partial charge in [-0.3, -0.25) is 4.79 Å². The number of benzene rings is 1. The summed E-state index contributed by atoms with van der Waals surface area (Å²) in [5, 5.41) is 2.72. The van der Waals surface area contributed by atoms with Crippen LogP contribution in [0.25, 0.3) is 0 Å². The van der Waals surface area contributed by atoms with Gasteiger partial charge in [-0.1, -0.05) is 32.4 Å². The number of nitrogens with one attached hydrogen (secondary N) is 1. The fourth-order valence-electron chi connectivity index (χ4n) is 1.74. The molecule has 0 saturated heterocycles. The molecule has 0 heterocycles. The predicted octanol–water partition coefficient (Wildman–Crippen LogP) is 3.76. The van der Waals surface area contributed by atoms with E-state index in [1.54, 1.807) is 0 Å². The molecule has 106 valence electrons. The summed E-state index contributed by atoms with van der Waals surface area (Å²) in [6.07, 6.45) is -2.59. The summed E-state index contributed by atoms with van der Waals surface area (Å²) in [4.78, 5) is 11.6. The van der Waals surface area contributed by atoms with E-state index in [1.165, 1.54) is 12.1 Å². The molecule has 0 saturated carbocycles. The van der Waals surface area contributed by atoms with E-state index in [2.05, 4.69) is 5.32 Å². The maximum Gasteiger partial charge on any atom is 0.416 e. The van der Waals surface area contributed by atoms with Crippen LogP contribution >= 0.6 is 0 Å². The highest BCUT2D eigenvalue weighted by molar-refractivity contribution is 5.78. The van der Waals surface area contributed by atoms with Gasteiger partial charge >= 0.3 is 6.18 Å². The van der Waals surface area contributed by atoms with Crippen molar-refractivity contribution in [2.45, 2.75) is 39.4 Å². The lowest BCUT2D eigenvalue weighted by Gasteiger charge is -2.12. The summed E-state index contributed by atoms with van der Waals surface area (Å²) in [5.74, 6) is -0.138. The van der Waals surface area contributed by atoms with Gasteiger partial charge in [-0.15, -0.1) is 0 Å². The molecular weight excluding hydrogens is 255 g/mol. The molecule has 1 amide bonds. The molecule has 0 spiro atoms. The van der Waals surface area contributed by atoms with Gasteiger partial charge in [0.15, 0.2) is 0 Å². The Hall–Kier alpha value is -1.52. The van der Waals surface area contributed by atoms with Crippen LogP contribution in [0, 0.1) is 5.92 Å². The van der Waals surface area contributed by atoms with Gasteiger partial charge < -0.3 is 5.32 Å². The number of carbonyl (C=O) groups excluding carboxylic acids is 1. The zero-order chi connectivity index (χ0) is 14.5. The zero-order valence-electron chi connectivity index (χ0n) is 11.1. The molecule has 0 fully saturated rings. The lowest BCUT2D eigenvalue weighted by atomic mass is 10.1. The van der Waals surface area contributed by atoms with E-state index < -0.39 is 11.7 Å². The van der Waals surface area contributed by atoms with Gasteiger partial charge in [0.05, 0.1) is 5.56 Å². The third-order valence-electron chi connectivity index (χ3n) is 2.92. The van der Waals surface area contributed by atoms with Gasteiger partial charge in [-0.25, -0.2) is 0 Å². The first-order valence-corrected chi connectivity index (χ1v) is 6.28. The van der Waals surface area contributed by atoms with Crippen LogP contribution in [-0.4, -0.2) is 5.91 Å². The number of amides is 1. The third-order valence-corrected chi connectivity index (χ3v) is 2.92. The van der Waals surface area contributed by atoms with Gasteiger partial charge in [0.1, 0.15) is 0 Å². The van der Waals surface area contributed by atoms with Gasteiger partial charge in [-0.05, 0) is 24.1 Å². The Kier molecular flexibility index (Phi) is 5.39. The quantitative estimate of drug-likeness (QED) is 0.869. The van der Waals surface area contributed by atoms with Gasteiger partial charge in [0, 0.05) is 12.5 Å². The Bertz CT molecular complexity index is 412. The first-order chi connectivity index (χ1) is 8.84. The molecule has 19 heavy (non-hydrogen) atoms. The normalized spacial score (nSPS) is 13.1. The molecule has 1 N–H and O–H groups in total. The summed E-state index contributed by atoms with van der Waals surface area (Å²) in [6.45, 7) is 4.09. The molecule has 1 aromatic rings. The molecule has 5 heteroatoms. The van der Waals surface area contributed by atoms with E-state index in [-0.39, 0.29) is 18.4 Å². The molecule has 1 rings (SSSR count). The number of halogens is 3. The number of alkyl halides is 3. The standard InChI is InChI=1S/C14H18F3NO/c1-3-4-10(2)13(19)18-9-11-5-7-12(8-6-11)14(15,16)17/h5-8,10H,3-4,9H2,1-2H3,(H,18,19). The average Bonchev–Trinajstić information content (AvgIpc) is 2.35. The highest BCUT2D eigenvalue weighted by Crippen LogP contribution is 2.29. The number of carbonyl (C=O) groups is 1. The molecule has 0 aromatic heterocycles. The second kappa shape index (κ2) is 6.59. The van der Waals surface area contributed by atoms with E-state index in [9.17, 15) is 18.0 Å². The Morgan fingerprint density at radius 2 is 1.84 bits per heavy atom. The second-order valence-corrected chi connectivity index (χ2v) is 4.60. The van der Waals surface area contributed by atoms with Crippen LogP contribution in [0.1, 0.15) is 37.8 Å². The highest BCUT2D eigenvalue weighted by Gasteiger charge is 2.29. The molecule has 0 bridgehead atoms.